The van der Waals surface area contributed by atoms with Gasteiger partial charge in [0.1, 0.15) is 0 Å². The van der Waals surface area contributed by atoms with Crippen LogP contribution in [-0.2, 0) is 10.9 Å². The Hall–Kier alpha value is -2.32. The standard InChI is InChI=1S/C15H9Cl2F3N2O3/c1-25-14(24)12-10(17)5-9(16)11(22-12)7-3-2-6(15(18,19)20)4-8(7)13(21)23/h2-5H,1H3,(H2,21,23). The lowest BCUT2D eigenvalue weighted by atomic mass is 9.99. The Morgan fingerprint density at radius 3 is 2.32 bits per heavy atom. The smallest absolute Gasteiger partial charge is 0.416 e. The number of alkyl halides is 3. The van der Waals surface area contributed by atoms with E-state index in [9.17, 15) is 22.8 Å². The van der Waals surface area contributed by atoms with Crippen LogP contribution in [0.4, 0.5) is 13.2 Å². The van der Waals surface area contributed by atoms with Crippen LogP contribution in [0, 0.1) is 0 Å². The Morgan fingerprint density at radius 2 is 1.80 bits per heavy atom. The number of esters is 1. The first-order valence-electron chi connectivity index (χ1n) is 6.52. The van der Waals surface area contributed by atoms with Crippen molar-refractivity contribution in [3.05, 3.63) is 51.1 Å². The van der Waals surface area contributed by atoms with Gasteiger partial charge in [-0.25, -0.2) is 9.78 Å². The third kappa shape index (κ3) is 3.85. The van der Waals surface area contributed by atoms with Gasteiger partial charge in [-0.05, 0) is 18.2 Å². The maximum atomic E-state index is 12.8. The molecule has 10 heteroatoms. The van der Waals surface area contributed by atoms with Crippen molar-refractivity contribution in [2.75, 3.05) is 7.11 Å². The molecule has 1 heterocycles. The van der Waals surface area contributed by atoms with E-state index in [1.54, 1.807) is 0 Å². The number of hydrogen-bond acceptors (Lipinski definition) is 4. The lowest BCUT2D eigenvalue weighted by Gasteiger charge is -2.13. The van der Waals surface area contributed by atoms with Crippen LogP contribution in [0.1, 0.15) is 26.4 Å². The Bertz CT molecular complexity index is 870. The molecule has 0 fully saturated rings. The van der Waals surface area contributed by atoms with E-state index in [0.29, 0.717) is 6.07 Å². The number of nitrogens with two attached hydrogens (primary N) is 1. The number of ether oxygens (including phenoxy) is 1. The van der Waals surface area contributed by atoms with Crippen LogP contribution in [0.25, 0.3) is 11.3 Å². The van der Waals surface area contributed by atoms with Crippen LogP contribution in [-0.4, -0.2) is 24.0 Å². The van der Waals surface area contributed by atoms with Gasteiger partial charge < -0.3 is 10.5 Å². The van der Waals surface area contributed by atoms with Crippen molar-refractivity contribution in [2.45, 2.75) is 6.18 Å². The van der Waals surface area contributed by atoms with E-state index in [0.717, 1.165) is 19.2 Å². The second kappa shape index (κ2) is 6.89. The lowest BCUT2D eigenvalue weighted by Crippen LogP contribution is -2.16. The summed E-state index contributed by atoms with van der Waals surface area (Å²) in [6, 6.07) is 3.49. The van der Waals surface area contributed by atoms with Crippen molar-refractivity contribution < 1.29 is 27.5 Å². The summed E-state index contributed by atoms with van der Waals surface area (Å²) >= 11 is 11.9. The SMILES string of the molecule is COC(=O)c1nc(-c2ccc(C(F)(F)F)cc2C(N)=O)c(Cl)cc1Cl. The van der Waals surface area contributed by atoms with Gasteiger partial charge in [-0.2, -0.15) is 13.2 Å². The van der Waals surface area contributed by atoms with Gasteiger partial charge >= 0.3 is 12.1 Å². The molecule has 0 radical (unpaired) electrons. The van der Waals surface area contributed by atoms with Crippen LogP contribution < -0.4 is 5.73 Å². The number of nitrogens with zero attached hydrogens (tertiary/aromatic N) is 1. The number of methoxy groups -OCH3 is 1. The Labute approximate surface area is 149 Å². The molecular formula is C15H9Cl2F3N2O3. The molecule has 2 N–H and O–H groups in total. The molecule has 1 amide bonds. The van der Waals surface area contributed by atoms with Gasteiger partial charge in [0, 0.05) is 11.1 Å². The fourth-order valence-corrected chi connectivity index (χ4v) is 2.56. The molecule has 0 spiro atoms. The summed E-state index contributed by atoms with van der Waals surface area (Å²) in [5.74, 6) is -2.00. The van der Waals surface area contributed by atoms with Crippen LogP contribution in [0.15, 0.2) is 24.3 Å². The predicted molar refractivity (Wildman–Crippen MR) is 84.6 cm³/mol. The molecule has 25 heavy (non-hydrogen) atoms. The predicted octanol–water partition coefficient (Wildman–Crippen LogP) is 3.96. The highest BCUT2D eigenvalue weighted by atomic mass is 35.5. The number of benzene rings is 1. The first-order chi connectivity index (χ1) is 11.6. The highest BCUT2D eigenvalue weighted by molar-refractivity contribution is 6.37. The number of rotatable bonds is 3. The van der Waals surface area contributed by atoms with Gasteiger partial charge in [0.15, 0.2) is 5.69 Å². The number of halogens is 5. The summed E-state index contributed by atoms with van der Waals surface area (Å²) in [6.45, 7) is 0. The monoisotopic (exact) mass is 392 g/mol. The van der Waals surface area contributed by atoms with Gasteiger partial charge in [-0.1, -0.05) is 29.3 Å². The quantitative estimate of drug-likeness (QED) is 0.801. The van der Waals surface area contributed by atoms with E-state index in [-0.39, 0.29) is 27.0 Å². The summed E-state index contributed by atoms with van der Waals surface area (Å²) in [7, 11) is 1.10. The average molecular weight is 393 g/mol. The molecule has 0 aliphatic heterocycles. The topological polar surface area (TPSA) is 82.3 Å². The molecule has 1 aromatic heterocycles. The number of aromatic nitrogens is 1. The van der Waals surface area contributed by atoms with Crippen molar-refractivity contribution in [2.24, 2.45) is 5.73 Å². The fourth-order valence-electron chi connectivity index (χ4n) is 2.03. The number of pyridine rings is 1. The van der Waals surface area contributed by atoms with E-state index in [1.807, 2.05) is 0 Å². The average Bonchev–Trinajstić information content (AvgIpc) is 2.53. The number of hydrogen-bond donors (Lipinski definition) is 1. The van der Waals surface area contributed by atoms with Gasteiger partial charge in [0.25, 0.3) is 0 Å². The Morgan fingerprint density at radius 1 is 1.16 bits per heavy atom. The first kappa shape index (κ1) is 19.0. The number of amides is 1. The van der Waals surface area contributed by atoms with Crippen molar-refractivity contribution in [1.82, 2.24) is 4.98 Å². The zero-order valence-corrected chi connectivity index (χ0v) is 14.0. The minimum Gasteiger partial charge on any atom is -0.464 e. The van der Waals surface area contributed by atoms with Crippen LogP contribution in [0.3, 0.4) is 0 Å². The van der Waals surface area contributed by atoms with E-state index in [4.69, 9.17) is 28.9 Å². The Balaban J connectivity index is 2.74. The van der Waals surface area contributed by atoms with Gasteiger partial charge in [0.05, 0.1) is 28.4 Å². The fraction of sp³-hybridized carbons (Fsp3) is 0.133. The zero-order valence-electron chi connectivity index (χ0n) is 12.4. The molecule has 132 valence electrons. The van der Waals surface area contributed by atoms with E-state index < -0.39 is 29.2 Å². The lowest BCUT2D eigenvalue weighted by molar-refractivity contribution is -0.137. The third-order valence-corrected chi connectivity index (χ3v) is 3.75. The molecule has 2 aromatic rings. The molecule has 0 saturated heterocycles. The van der Waals surface area contributed by atoms with Crippen LogP contribution >= 0.6 is 23.2 Å². The molecule has 1 aromatic carbocycles. The Kier molecular flexibility index (Phi) is 5.24. The molecule has 5 nitrogen and oxygen atoms in total. The molecule has 0 bridgehead atoms. The minimum atomic E-state index is -4.67. The van der Waals surface area contributed by atoms with Crippen LogP contribution in [0.2, 0.25) is 10.0 Å². The molecule has 0 saturated carbocycles. The highest BCUT2D eigenvalue weighted by Gasteiger charge is 2.32. The van der Waals surface area contributed by atoms with Crippen molar-refractivity contribution >= 4 is 35.1 Å². The van der Waals surface area contributed by atoms with Gasteiger partial charge in [0.2, 0.25) is 5.91 Å². The van der Waals surface area contributed by atoms with Crippen molar-refractivity contribution in [3.63, 3.8) is 0 Å². The van der Waals surface area contributed by atoms with Gasteiger partial charge in [-0.3, -0.25) is 4.79 Å². The highest BCUT2D eigenvalue weighted by Crippen LogP contribution is 2.36. The molecule has 2 rings (SSSR count). The van der Waals surface area contributed by atoms with E-state index in [2.05, 4.69) is 9.72 Å². The van der Waals surface area contributed by atoms with E-state index >= 15 is 0 Å². The maximum absolute atomic E-state index is 12.8. The summed E-state index contributed by atoms with van der Waals surface area (Å²) < 4.78 is 43.0. The largest absolute Gasteiger partial charge is 0.464 e. The molecule has 0 unspecified atom stereocenters. The van der Waals surface area contributed by atoms with E-state index in [1.165, 1.54) is 6.07 Å². The second-order valence-corrected chi connectivity index (χ2v) is 5.58. The number of carbonyl (C=O) groups is 2. The van der Waals surface area contributed by atoms with Gasteiger partial charge in [-0.15, -0.1) is 0 Å². The zero-order chi connectivity index (χ0) is 18.9. The van der Waals surface area contributed by atoms with Crippen LogP contribution in [0.5, 0.6) is 0 Å². The third-order valence-electron chi connectivity index (χ3n) is 3.18. The van der Waals surface area contributed by atoms with Crippen molar-refractivity contribution in [3.8, 4) is 11.3 Å². The maximum Gasteiger partial charge on any atom is 0.416 e. The first-order valence-corrected chi connectivity index (χ1v) is 7.27. The number of primary amides is 1. The number of carbonyl (C=O) groups excluding carboxylic acids is 2. The molecular weight excluding hydrogens is 384 g/mol. The summed E-state index contributed by atoms with van der Waals surface area (Å²) in [6.07, 6.45) is -4.67. The molecule has 0 aliphatic rings. The molecule has 0 aliphatic carbocycles. The minimum absolute atomic E-state index is 0.0766. The molecule has 0 atom stereocenters. The normalized spacial score (nSPS) is 11.3. The van der Waals surface area contributed by atoms with Crippen molar-refractivity contribution in [1.29, 1.82) is 0 Å². The summed E-state index contributed by atoms with van der Waals surface area (Å²) in [5.41, 5.74) is 3.14. The second-order valence-electron chi connectivity index (χ2n) is 4.76. The summed E-state index contributed by atoms with van der Waals surface area (Å²) in [4.78, 5) is 27.2. The summed E-state index contributed by atoms with van der Waals surface area (Å²) in [5, 5.41) is -0.201.